The van der Waals surface area contributed by atoms with E-state index in [0.29, 0.717) is 5.75 Å². The monoisotopic (exact) mass is 365 g/mol. The molecule has 0 saturated heterocycles. The fourth-order valence-electron chi connectivity index (χ4n) is 3.14. The molecule has 5 nitrogen and oxygen atoms in total. The van der Waals surface area contributed by atoms with Gasteiger partial charge in [0.2, 0.25) is 5.91 Å². The minimum atomic E-state index is 0.115. The van der Waals surface area contributed by atoms with E-state index >= 15 is 0 Å². The molecule has 0 N–H and O–H groups in total. The highest BCUT2D eigenvalue weighted by molar-refractivity contribution is 7.99. The average Bonchev–Trinajstić information content (AvgIpc) is 3.33. The Labute approximate surface area is 156 Å². The molecular formula is C20H19N3O2S. The number of imidazole rings is 1. The number of carbonyl (C=O) groups is 1. The highest BCUT2D eigenvalue weighted by Crippen LogP contribution is 2.29. The smallest absolute Gasteiger partial charge is 0.237 e. The number of ether oxygens (including phenoxy) is 1. The zero-order valence-electron chi connectivity index (χ0n) is 14.5. The fourth-order valence-corrected chi connectivity index (χ4v) is 3.99. The summed E-state index contributed by atoms with van der Waals surface area (Å²) in [4.78, 5) is 19.0. The van der Waals surface area contributed by atoms with Gasteiger partial charge in [-0.25, -0.2) is 4.98 Å². The second-order valence-electron chi connectivity index (χ2n) is 5.99. The van der Waals surface area contributed by atoms with E-state index in [1.807, 2.05) is 58.1 Å². The van der Waals surface area contributed by atoms with Crippen LogP contribution in [0.2, 0.25) is 0 Å². The molecular weight excluding hydrogens is 346 g/mol. The molecule has 2 heterocycles. The van der Waals surface area contributed by atoms with Gasteiger partial charge in [0.05, 0.1) is 12.9 Å². The lowest BCUT2D eigenvalue weighted by molar-refractivity contribution is -0.116. The van der Waals surface area contributed by atoms with Gasteiger partial charge in [-0.3, -0.25) is 9.36 Å². The predicted octanol–water partition coefficient (Wildman–Crippen LogP) is 3.56. The lowest BCUT2D eigenvalue weighted by Gasteiger charge is -2.17. The molecule has 0 radical (unpaired) electrons. The van der Waals surface area contributed by atoms with Crippen molar-refractivity contribution in [1.29, 1.82) is 0 Å². The first-order valence-electron chi connectivity index (χ1n) is 8.45. The molecule has 0 saturated carbocycles. The Morgan fingerprint density at radius 1 is 1.19 bits per heavy atom. The molecule has 0 atom stereocenters. The van der Waals surface area contributed by atoms with Gasteiger partial charge >= 0.3 is 0 Å². The summed E-state index contributed by atoms with van der Waals surface area (Å²) in [7, 11) is 1.65. The molecule has 0 aliphatic carbocycles. The van der Waals surface area contributed by atoms with Crippen molar-refractivity contribution in [2.24, 2.45) is 0 Å². The van der Waals surface area contributed by atoms with Crippen molar-refractivity contribution >= 4 is 23.4 Å². The summed E-state index contributed by atoms with van der Waals surface area (Å²) in [5.74, 6) is 1.29. The van der Waals surface area contributed by atoms with Crippen LogP contribution in [0.3, 0.4) is 0 Å². The average molecular weight is 365 g/mol. The van der Waals surface area contributed by atoms with Crippen LogP contribution in [-0.4, -0.2) is 34.9 Å². The summed E-state index contributed by atoms with van der Waals surface area (Å²) in [6, 6.07) is 15.9. The van der Waals surface area contributed by atoms with E-state index in [2.05, 4.69) is 11.1 Å². The van der Waals surface area contributed by atoms with Crippen LogP contribution in [0.1, 0.15) is 5.56 Å². The number of nitrogens with zero attached hydrogens (tertiary/aromatic N) is 3. The van der Waals surface area contributed by atoms with Crippen molar-refractivity contribution in [3.05, 3.63) is 66.5 Å². The number of hydrogen-bond donors (Lipinski definition) is 0. The Morgan fingerprint density at radius 3 is 2.81 bits per heavy atom. The lowest BCUT2D eigenvalue weighted by Crippen LogP contribution is -2.30. The molecule has 2 aromatic carbocycles. The molecule has 1 aliphatic heterocycles. The molecule has 1 amide bonds. The molecule has 132 valence electrons. The van der Waals surface area contributed by atoms with E-state index in [-0.39, 0.29) is 5.91 Å². The van der Waals surface area contributed by atoms with Gasteiger partial charge in [-0.1, -0.05) is 30.0 Å². The maximum absolute atomic E-state index is 12.7. The SMILES string of the molecule is COc1ccc(-n2ccnc2SCC(=O)N2CCc3ccccc32)cc1. The molecule has 4 rings (SSSR count). The topological polar surface area (TPSA) is 47.4 Å². The summed E-state index contributed by atoms with van der Waals surface area (Å²) in [6.07, 6.45) is 4.58. The molecule has 26 heavy (non-hydrogen) atoms. The second-order valence-corrected chi connectivity index (χ2v) is 6.93. The summed E-state index contributed by atoms with van der Waals surface area (Å²) in [5, 5.41) is 0.802. The minimum Gasteiger partial charge on any atom is -0.497 e. The third-order valence-corrected chi connectivity index (χ3v) is 5.42. The third-order valence-electron chi connectivity index (χ3n) is 4.47. The van der Waals surface area contributed by atoms with Crippen LogP contribution >= 0.6 is 11.8 Å². The van der Waals surface area contributed by atoms with Crippen LogP contribution in [0.15, 0.2) is 66.1 Å². The molecule has 0 fully saturated rings. The first-order valence-corrected chi connectivity index (χ1v) is 9.43. The van der Waals surface area contributed by atoms with E-state index in [1.165, 1.54) is 17.3 Å². The summed E-state index contributed by atoms with van der Waals surface area (Å²) in [6.45, 7) is 0.756. The van der Waals surface area contributed by atoms with E-state index < -0.39 is 0 Å². The first kappa shape index (κ1) is 16.7. The number of aromatic nitrogens is 2. The fraction of sp³-hybridized carbons (Fsp3) is 0.200. The highest BCUT2D eigenvalue weighted by Gasteiger charge is 2.24. The molecule has 6 heteroatoms. The maximum atomic E-state index is 12.7. The molecule has 1 aliphatic rings. The number of fused-ring (bicyclic) bond motifs is 1. The number of carbonyl (C=O) groups excluding carboxylic acids is 1. The number of benzene rings is 2. The summed E-state index contributed by atoms with van der Waals surface area (Å²) < 4.78 is 7.18. The van der Waals surface area contributed by atoms with Crippen molar-refractivity contribution < 1.29 is 9.53 Å². The molecule has 0 bridgehead atoms. The van der Waals surface area contributed by atoms with Crippen molar-refractivity contribution in [1.82, 2.24) is 9.55 Å². The maximum Gasteiger partial charge on any atom is 0.237 e. The normalized spacial score (nSPS) is 12.9. The molecule has 0 unspecified atom stereocenters. The Balaban J connectivity index is 1.46. The first-order chi connectivity index (χ1) is 12.8. The number of thioether (sulfide) groups is 1. The Bertz CT molecular complexity index is 921. The quantitative estimate of drug-likeness (QED) is 0.649. The molecule has 3 aromatic rings. The van der Waals surface area contributed by atoms with Crippen molar-refractivity contribution in [2.75, 3.05) is 24.3 Å². The van der Waals surface area contributed by atoms with E-state index in [9.17, 15) is 4.79 Å². The van der Waals surface area contributed by atoms with Gasteiger partial charge in [0.1, 0.15) is 5.75 Å². The predicted molar refractivity (Wildman–Crippen MR) is 103 cm³/mol. The van der Waals surface area contributed by atoms with Gasteiger partial charge in [-0.2, -0.15) is 0 Å². The van der Waals surface area contributed by atoms with Crippen LogP contribution in [0.4, 0.5) is 5.69 Å². The van der Waals surface area contributed by atoms with Crippen molar-refractivity contribution in [3.8, 4) is 11.4 Å². The highest BCUT2D eigenvalue weighted by atomic mass is 32.2. The van der Waals surface area contributed by atoms with E-state index in [0.717, 1.165) is 35.2 Å². The number of amides is 1. The standard InChI is InChI=1S/C20H19N3O2S/c1-25-17-8-6-16(7-9-17)22-13-11-21-20(22)26-14-19(24)23-12-10-15-4-2-3-5-18(15)23/h2-9,11,13H,10,12,14H2,1H3. The molecule has 1 aromatic heterocycles. The van der Waals surface area contributed by atoms with Gasteiger partial charge in [-0.15, -0.1) is 0 Å². The van der Waals surface area contributed by atoms with Crippen molar-refractivity contribution in [2.45, 2.75) is 11.6 Å². The van der Waals surface area contributed by atoms with Crippen LogP contribution < -0.4 is 9.64 Å². The number of methoxy groups -OCH3 is 1. The van der Waals surface area contributed by atoms with E-state index in [4.69, 9.17) is 4.74 Å². The Hall–Kier alpha value is -2.73. The third kappa shape index (κ3) is 3.20. The Kier molecular flexibility index (Phi) is 4.67. The van der Waals surface area contributed by atoms with Gasteiger partial charge in [-0.05, 0) is 42.3 Å². The summed E-state index contributed by atoms with van der Waals surface area (Å²) in [5.41, 5.74) is 3.27. The summed E-state index contributed by atoms with van der Waals surface area (Å²) >= 11 is 1.46. The van der Waals surface area contributed by atoms with Crippen LogP contribution in [0.25, 0.3) is 5.69 Å². The van der Waals surface area contributed by atoms with Gasteiger partial charge in [0.15, 0.2) is 5.16 Å². The van der Waals surface area contributed by atoms with Crippen LogP contribution in [0, 0.1) is 0 Å². The second kappa shape index (κ2) is 7.25. The van der Waals surface area contributed by atoms with Crippen LogP contribution in [0.5, 0.6) is 5.75 Å². The zero-order valence-corrected chi connectivity index (χ0v) is 15.3. The number of anilines is 1. The lowest BCUT2D eigenvalue weighted by atomic mass is 10.2. The number of rotatable bonds is 5. The Morgan fingerprint density at radius 2 is 2.00 bits per heavy atom. The van der Waals surface area contributed by atoms with Gasteiger partial charge in [0, 0.05) is 30.3 Å². The van der Waals surface area contributed by atoms with Crippen LogP contribution in [-0.2, 0) is 11.2 Å². The van der Waals surface area contributed by atoms with Gasteiger partial charge in [0.25, 0.3) is 0 Å². The number of para-hydroxylation sites is 1. The number of hydrogen-bond acceptors (Lipinski definition) is 4. The minimum absolute atomic E-state index is 0.115. The zero-order chi connectivity index (χ0) is 17.9. The molecule has 0 spiro atoms. The van der Waals surface area contributed by atoms with Gasteiger partial charge < -0.3 is 9.64 Å². The van der Waals surface area contributed by atoms with E-state index in [1.54, 1.807) is 13.3 Å². The van der Waals surface area contributed by atoms with Crippen molar-refractivity contribution in [3.63, 3.8) is 0 Å². The largest absolute Gasteiger partial charge is 0.497 e.